The topological polar surface area (TPSA) is 44.1 Å². The zero-order chi connectivity index (χ0) is 13.8. The van der Waals surface area contributed by atoms with Crippen LogP contribution in [0.2, 0.25) is 0 Å². The van der Waals surface area contributed by atoms with Gasteiger partial charge in [0.25, 0.3) is 0 Å². The summed E-state index contributed by atoms with van der Waals surface area (Å²) in [6.07, 6.45) is 8.00. The second-order valence-corrected chi connectivity index (χ2v) is 5.49. The summed E-state index contributed by atoms with van der Waals surface area (Å²) in [6.45, 7) is 4.06. The molecule has 19 heavy (non-hydrogen) atoms. The number of esters is 1. The molecule has 0 N–H and O–H groups in total. The highest BCUT2D eigenvalue weighted by Crippen LogP contribution is 2.29. The van der Waals surface area contributed by atoms with Crippen molar-refractivity contribution in [2.45, 2.75) is 64.8 Å². The van der Waals surface area contributed by atoms with Crippen molar-refractivity contribution >= 4 is 5.97 Å². The molecule has 0 amide bonds. The van der Waals surface area contributed by atoms with Gasteiger partial charge in [0, 0.05) is 11.3 Å². The van der Waals surface area contributed by atoms with E-state index in [1.54, 1.807) is 0 Å². The van der Waals surface area contributed by atoms with Gasteiger partial charge in [-0.1, -0.05) is 25.7 Å². The zero-order valence-electron chi connectivity index (χ0n) is 12.2. The number of carbonyl (C=O) groups excluding carboxylic acids is 1. The van der Waals surface area contributed by atoms with E-state index in [4.69, 9.17) is 4.74 Å². The molecule has 106 valence electrons. The molecule has 1 aromatic heterocycles. The third-order valence-corrected chi connectivity index (χ3v) is 4.19. The van der Waals surface area contributed by atoms with Crippen molar-refractivity contribution < 1.29 is 9.53 Å². The molecule has 0 aliphatic heterocycles. The summed E-state index contributed by atoms with van der Waals surface area (Å²) >= 11 is 0. The van der Waals surface area contributed by atoms with Crippen molar-refractivity contribution in [3.8, 4) is 0 Å². The van der Waals surface area contributed by atoms with E-state index in [0.717, 1.165) is 17.0 Å². The summed E-state index contributed by atoms with van der Waals surface area (Å²) in [5, 5.41) is 4.67. The van der Waals surface area contributed by atoms with Crippen molar-refractivity contribution in [3.63, 3.8) is 0 Å². The summed E-state index contributed by atoms with van der Waals surface area (Å²) in [7, 11) is 1.43. The van der Waals surface area contributed by atoms with E-state index < -0.39 is 0 Å². The van der Waals surface area contributed by atoms with Crippen LogP contribution >= 0.6 is 0 Å². The van der Waals surface area contributed by atoms with Crippen molar-refractivity contribution in [2.75, 3.05) is 7.11 Å². The van der Waals surface area contributed by atoms with Gasteiger partial charge >= 0.3 is 5.97 Å². The van der Waals surface area contributed by atoms with Crippen LogP contribution in [0.3, 0.4) is 0 Å². The second-order valence-electron chi connectivity index (χ2n) is 5.49. The van der Waals surface area contributed by atoms with Gasteiger partial charge in [0.1, 0.15) is 0 Å². The van der Waals surface area contributed by atoms with Crippen molar-refractivity contribution in [2.24, 2.45) is 0 Å². The van der Waals surface area contributed by atoms with E-state index in [1.807, 2.05) is 6.92 Å². The van der Waals surface area contributed by atoms with Crippen molar-refractivity contribution in [1.29, 1.82) is 0 Å². The van der Waals surface area contributed by atoms with Gasteiger partial charge in [-0.3, -0.25) is 9.48 Å². The number of aromatic nitrogens is 2. The Bertz CT molecular complexity index is 443. The fraction of sp³-hybridized carbons (Fsp3) is 0.733. The number of hydrogen-bond donors (Lipinski definition) is 0. The molecule has 4 heteroatoms. The SMILES string of the molecule is COC(=O)Cc1c(C)nn(C2CCCCCC2)c1C. The van der Waals surface area contributed by atoms with E-state index in [2.05, 4.69) is 16.7 Å². The van der Waals surface area contributed by atoms with Crippen LogP contribution in [0.15, 0.2) is 0 Å². The first kappa shape index (κ1) is 14.1. The maximum atomic E-state index is 11.5. The molecule has 0 aromatic carbocycles. The average molecular weight is 264 g/mol. The van der Waals surface area contributed by atoms with Gasteiger partial charge in [-0.15, -0.1) is 0 Å². The Morgan fingerprint density at radius 2 is 1.89 bits per heavy atom. The predicted molar refractivity (Wildman–Crippen MR) is 74.2 cm³/mol. The first-order valence-electron chi connectivity index (χ1n) is 7.25. The van der Waals surface area contributed by atoms with Crippen LogP contribution in [0, 0.1) is 13.8 Å². The van der Waals surface area contributed by atoms with Crippen LogP contribution in [0.4, 0.5) is 0 Å². The van der Waals surface area contributed by atoms with E-state index in [0.29, 0.717) is 12.5 Å². The van der Waals surface area contributed by atoms with Crippen LogP contribution in [-0.2, 0) is 16.0 Å². The largest absolute Gasteiger partial charge is 0.469 e. The van der Waals surface area contributed by atoms with Gasteiger partial charge in [0.2, 0.25) is 0 Å². The summed E-state index contributed by atoms with van der Waals surface area (Å²) in [5.41, 5.74) is 3.14. The first-order chi connectivity index (χ1) is 9.13. The molecule has 1 aromatic rings. The van der Waals surface area contributed by atoms with Gasteiger partial charge in [0.15, 0.2) is 0 Å². The summed E-state index contributed by atoms with van der Waals surface area (Å²) < 4.78 is 6.91. The highest BCUT2D eigenvalue weighted by atomic mass is 16.5. The minimum Gasteiger partial charge on any atom is -0.469 e. The molecule has 1 fully saturated rings. The second kappa shape index (κ2) is 6.22. The number of rotatable bonds is 3. The molecular weight excluding hydrogens is 240 g/mol. The Kier molecular flexibility index (Phi) is 4.61. The number of nitrogens with zero attached hydrogens (tertiary/aromatic N) is 2. The summed E-state index contributed by atoms with van der Waals surface area (Å²) in [4.78, 5) is 11.5. The number of carbonyl (C=O) groups is 1. The fourth-order valence-electron chi connectivity index (χ4n) is 3.03. The minimum absolute atomic E-state index is 0.188. The smallest absolute Gasteiger partial charge is 0.310 e. The fourth-order valence-corrected chi connectivity index (χ4v) is 3.03. The van der Waals surface area contributed by atoms with E-state index in [1.165, 1.54) is 45.6 Å². The molecular formula is C15H24N2O2. The number of methoxy groups -OCH3 is 1. The van der Waals surface area contributed by atoms with E-state index in [9.17, 15) is 4.79 Å². The van der Waals surface area contributed by atoms with Crippen molar-refractivity contribution in [3.05, 3.63) is 17.0 Å². The number of ether oxygens (including phenoxy) is 1. The minimum atomic E-state index is -0.188. The Morgan fingerprint density at radius 3 is 2.47 bits per heavy atom. The summed E-state index contributed by atoms with van der Waals surface area (Å²) in [5.74, 6) is -0.188. The van der Waals surface area contributed by atoms with Gasteiger partial charge in [-0.05, 0) is 26.7 Å². The molecule has 0 radical (unpaired) electrons. The van der Waals surface area contributed by atoms with Crippen LogP contribution in [0.1, 0.15) is 61.5 Å². The third-order valence-electron chi connectivity index (χ3n) is 4.19. The summed E-state index contributed by atoms with van der Waals surface area (Å²) in [6, 6.07) is 0.507. The molecule has 0 unspecified atom stereocenters. The molecule has 0 atom stereocenters. The maximum absolute atomic E-state index is 11.5. The third kappa shape index (κ3) is 3.17. The van der Waals surface area contributed by atoms with Crippen LogP contribution in [0.5, 0.6) is 0 Å². The number of aryl methyl sites for hydroxylation is 1. The lowest BCUT2D eigenvalue weighted by Crippen LogP contribution is -2.12. The monoisotopic (exact) mass is 264 g/mol. The quantitative estimate of drug-likeness (QED) is 0.622. The molecule has 1 aliphatic rings. The van der Waals surface area contributed by atoms with E-state index in [-0.39, 0.29) is 5.97 Å². The predicted octanol–water partition coefficient (Wildman–Crippen LogP) is 3.11. The molecule has 1 heterocycles. The Hall–Kier alpha value is -1.32. The Labute approximate surface area is 115 Å². The van der Waals surface area contributed by atoms with E-state index >= 15 is 0 Å². The zero-order valence-corrected chi connectivity index (χ0v) is 12.2. The van der Waals surface area contributed by atoms with Crippen LogP contribution in [-0.4, -0.2) is 22.9 Å². The molecule has 0 bridgehead atoms. The average Bonchev–Trinajstić information content (AvgIpc) is 2.65. The molecule has 0 saturated heterocycles. The standard InChI is InChI=1S/C15H24N2O2/c1-11-14(10-15(18)19-3)12(2)17(16-11)13-8-6-4-5-7-9-13/h13H,4-10H2,1-3H3. The number of hydrogen-bond acceptors (Lipinski definition) is 3. The van der Waals surface area contributed by atoms with Gasteiger partial charge in [0.05, 0.1) is 25.3 Å². The lowest BCUT2D eigenvalue weighted by atomic mass is 10.1. The normalized spacial score (nSPS) is 17.2. The van der Waals surface area contributed by atoms with Crippen LogP contribution in [0.25, 0.3) is 0 Å². The van der Waals surface area contributed by atoms with Crippen LogP contribution < -0.4 is 0 Å². The lowest BCUT2D eigenvalue weighted by molar-refractivity contribution is -0.139. The Morgan fingerprint density at radius 1 is 1.26 bits per heavy atom. The molecule has 1 saturated carbocycles. The molecule has 2 rings (SSSR count). The lowest BCUT2D eigenvalue weighted by Gasteiger charge is -2.17. The maximum Gasteiger partial charge on any atom is 0.310 e. The Balaban J connectivity index is 2.21. The highest BCUT2D eigenvalue weighted by Gasteiger charge is 2.21. The first-order valence-corrected chi connectivity index (χ1v) is 7.25. The van der Waals surface area contributed by atoms with Crippen molar-refractivity contribution in [1.82, 2.24) is 9.78 Å². The molecule has 4 nitrogen and oxygen atoms in total. The van der Waals surface area contributed by atoms with Gasteiger partial charge in [-0.25, -0.2) is 0 Å². The molecule has 0 spiro atoms. The molecule has 1 aliphatic carbocycles. The van der Waals surface area contributed by atoms with Gasteiger partial charge in [-0.2, -0.15) is 5.10 Å². The highest BCUT2D eigenvalue weighted by molar-refractivity contribution is 5.73. The van der Waals surface area contributed by atoms with Gasteiger partial charge < -0.3 is 4.74 Å².